The van der Waals surface area contributed by atoms with Crippen LogP contribution in [0.2, 0.25) is 5.02 Å². The average Bonchev–Trinajstić information content (AvgIpc) is 3.68. The number of halogens is 2. The highest BCUT2D eigenvalue weighted by molar-refractivity contribution is 7.22. The van der Waals surface area contributed by atoms with Crippen LogP contribution in [0.3, 0.4) is 0 Å². The molecule has 47 heavy (non-hydrogen) atoms. The fourth-order valence-electron chi connectivity index (χ4n) is 5.76. The first-order chi connectivity index (χ1) is 22.7. The Morgan fingerprint density at radius 2 is 1.91 bits per heavy atom. The summed E-state index contributed by atoms with van der Waals surface area (Å²) in [5.41, 5.74) is 2.83. The van der Waals surface area contributed by atoms with Crippen molar-refractivity contribution in [1.29, 1.82) is 0 Å². The number of ether oxygens (including phenoxy) is 2. The number of aromatic nitrogens is 2. The molecule has 0 spiro atoms. The van der Waals surface area contributed by atoms with Crippen molar-refractivity contribution >= 4 is 44.9 Å². The van der Waals surface area contributed by atoms with Crippen LogP contribution in [-0.2, 0) is 11.2 Å². The molecule has 0 unspecified atom stereocenters. The van der Waals surface area contributed by atoms with Crippen LogP contribution in [0.4, 0.5) is 10.2 Å². The van der Waals surface area contributed by atoms with E-state index in [1.165, 1.54) is 23.7 Å². The van der Waals surface area contributed by atoms with Crippen molar-refractivity contribution in [3.05, 3.63) is 77.0 Å². The molecule has 0 radical (unpaired) electrons. The lowest BCUT2D eigenvalue weighted by molar-refractivity contribution is -0.137. The number of furan rings is 1. The fourth-order valence-corrected chi connectivity index (χ4v) is 7.10. The number of nitrogens with one attached hydrogen (secondary N) is 1. The van der Waals surface area contributed by atoms with Gasteiger partial charge in [0.05, 0.1) is 22.4 Å². The van der Waals surface area contributed by atoms with E-state index in [-0.39, 0.29) is 6.42 Å². The molecular formula is C34H35ClFN5O5S. The summed E-state index contributed by atoms with van der Waals surface area (Å²) in [6.45, 7) is 7.21. The molecule has 13 heteroatoms. The Labute approximate surface area is 280 Å². The van der Waals surface area contributed by atoms with Crippen LogP contribution in [0.5, 0.6) is 11.5 Å². The first kappa shape index (κ1) is 32.7. The molecule has 10 nitrogen and oxygen atoms in total. The van der Waals surface area contributed by atoms with E-state index in [1.807, 2.05) is 37.3 Å². The van der Waals surface area contributed by atoms with Gasteiger partial charge < -0.3 is 29.2 Å². The van der Waals surface area contributed by atoms with Crippen molar-refractivity contribution in [2.45, 2.75) is 19.4 Å². The summed E-state index contributed by atoms with van der Waals surface area (Å²) in [5, 5.41) is 14.4. The summed E-state index contributed by atoms with van der Waals surface area (Å²) < 4.78 is 31.2. The highest BCUT2D eigenvalue weighted by Gasteiger charge is 2.28. The van der Waals surface area contributed by atoms with E-state index in [1.54, 1.807) is 19.2 Å². The number of methoxy groups -OCH3 is 1. The number of carboxylic acids is 1. The molecule has 246 valence electrons. The minimum atomic E-state index is -1.06. The van der Waals surface area contributed by atoms with Gasteiger partial charge >= 0.3 is 5.97 Å². The highest BCUT2D eigenvalue weighted by Crippen LogP contribution is 2.49. The molecule has 1 fully saturated rings. The van der Waals surface area contributed by atoms with Crippen molar-refractivity contribution < 1.29 is 28.2 Å². The SMILES string of the molecule is COc1ccccc1C[C@@H](Nc1ncnc2sc(-c3ccc(F)o3)c(-c3ccc(OCCN4CCN(C)CC4)c(Cl)c3C)c12)C(=O)O. The monoisotopic (exact) mass is 679 g/mol. The second-order valence-electron chi connectivity index (χ2n) is 11.4. The summed E-state index contributed by atoms with van der Waals surface area (Å²) in [7, 11) is 3.67. The first-order valence-corrected chi connectivity index (χ1v) is 16.4. The Morgan fingerprint density at radius 3 is 2.64 bits per heavy atom. The number of hydrogen-bond donors (Lipinski definition) is 2. The van der Waals surface area contributed by atoms with Gasteiger partial charge in [0, 0.05) is 50.8 Å². The van der Waals surface area contributed by atoms with Crippen molar-refractivity contribution in [2.24, 2.45) is 0 Å². The zero-order chi connectivity index (χ0) is 33.1. The van der Waals surface area contributed by atoms with Gasteiger partial charge in [0.25, 0.3) is 6.01 Å². The molecule has 1 saturated heterocycles. The lowest BCUT2D eigenvalue weighted by Crippen LogP contribution is -2.45. The number of benzene rings is 2. The minimum Gasteiger partial charge on any atom is -0.496 e. The zero-order valence-corrected chi connectivity index (χ0v) is 27.8. The van der Waals surface area contributed by atoms with Gasteiger partial charge in [-0.1, -0.05) is 35.9 Å². The summed E-state index contributed by atoms with van der Waals surface area (Å²) in [4.78, 5) is 27.4. The van der Waals surface area contributed by atoms with Crippen molar-refractivity contribution in [2.75, 3.05) is 58.8 Å². The molecule has 1 aliphatic heterocycles. The molecule has 2 N–H and O–H groups in total. The number of para-hydroxylation sites is 1. The third-order valence-corrected chi connectivity index (χ3v) is 9.97. The molecule has 1 atom stereocenters. The Morgan fingerprint density at radius 1 is 1.13 bits per heavy atom. The van der Waals surface area contributed by atoms with Crippen molar-refractivity contribution in [3.8, 4) is 33.3 Å². The maximum absolute atomic E-state index is 14.2. The van der Waals surface area contributed by atoms with Crippen molar-refractivity contribution in [3.63, 3.8) is 0 Å². The number of anilines is 1. The molecule has 4 heterocycles. The van der Waals surface area contributed by atoms with Crippen LogP contribution in [0.25, 0.3) is 32.0 Å². The maximum Gasteiger partial charge on any atom is 0.326 e. The average molecular weight is 680 g/mol. The Bertz CT molecular complexity index is 1890. The number of nitrogens with zero attached hydrogens (tertiary/aromatic N) is 4. The van der Waals surface area contributed by atoms with Gasteiger partial charge in [-0.05, 0) is 48.9 Å². The standard InChI is InChI=1S/C34H35ClFN5O5S/c1-20-22(8-9-25(30(20)35)45-17-16-41-14-12-40(2)13-15-41)28-29-32(37-19-38-33(29)47-31(28)26-10-11-27(36)46-26)39-23(34(42)43)18-21-6-4-5-7-24(21)44-3/h4-11,19,23H,12-18H2,1-3H3,(H,42,43)(H,37,38,39)/t23-/m1/s1. The summed E-state index contributed by atoms with van der Waals surface area (Å²) >= 11 is 8.22. The lowest BCUT2D eigenvalue weighted by Gasteiger charge is -2.32. The maximum atomic E-state index is 14.2. The normalized spacial score (nSPS) is 14.7. The van der Waals surface area contributed by atoms with Gasteiger partial charge in [-0.3, -0.25) is 4.90 Å². The quantitative estimate of drug-likeness (QED) is 0.152. The van der Waals surface area contributed by atoms with Gasteiger partial charge in [0.1, 0.15) is 46.9 Å². The minimum absolute atomic E-state index is 0.131. The van der Waals surface area contributed by atoms with Gasteiger partial charge in [0.15, 0.2) is 0 Å². The third-order valence-electron chi connectivity index (χ3n) is 8.39. The highest BCUT2D eigenvalue weighted by atomic mass is 35.5. The van der Waals surface area contributed by atoms with E-state index in [0.29, 0.717) is 55.4 Å². The van der Waals surface area contributed by atoms with Gasteiger partial charge in [-0.15, -0.1) is 11.3 Å². The Balaban J connectivity index is 1.38. The van der Waals surface area contributed by atoms with Crippen LogP contribution in [0.15, 0.2) is 59.3 Å². The third kappa shape index (κ3) is 7.05. The van der Waals surface area contributed by atoms with Gasteiger partial charge in [0.2, 0.25) is 0 Å². The molecule has 5 aromatic rings. The van der Waals surface area contributed by atoms with Crippen LogP contribution in [0, 0.1) is 12.9 Å². The van der Waals surface area contributed by atoms with Crippen LogP contribution < -0.4 is 14.8 Å². The molecule has 0 bridgehead atoms. The molecule has 0 aliphatic carbocycles. The second kappa shape index (κ2) is 14.3. The number of carbonyl (C=O) groups is 1. The Hall–Kier alpha value is -4.23. The van der Waals surface area contributed by atoms with E-state index in [2.05, 4.69) is 32.1 Å². The molecule has 2 aromatic carbocycles. The van der Waals surface area contributed by atoms with Gasteiger partial charge in [-0.25, -0.2) is 14.8 Å². The number of hydrogen-bond acceptors (Lipinski definition) is 10. The molecular weight excluding hydrogens is 645 g/mol. The number of rotatable bonds is 12. The van der Waals surface area contributed by atoms with E-state index in [9.17, 15) is 14.3 Å². The van der Waals surface area contributed by atoms with Crippen LogP contribution in [0.1, 0.15) is 11.1 Å². The first-order valence-electron chi connectivity index (χ1n) is 15.2. The van der Waals surface area contributed by atoms with Crippen LogP contribution >= 0.6 is 22.9 Å². The number of aliphatic carboxylic acids is 1. The van der Waals surface area contributed by atoms with E-state index in [4.69, 9.17) is 25.5 Å². The van der Waals surface area contributed by atoms with E-state index in [0.717, 1.165) is 49.4 Å². The predicted octanol–water partition coefficient (Wildman–Crippen LogP) is 6.46. The molecule has 0 amide bonds. The molecule has 6 rings (SSSR count). The van der Waals surface area contributed by atoms with Gasteiger partial charge in [-0.2, -0.15) is 4.39 Å². The number of carboxylic acid groups (broad SMARTS) is 1. The van der Waals surface area contributed by atoms with E-state index < -0.39 is 18.0 Å². The molecule has 3 aromatic heterocycles. The fraction of sp³-hybridized carbons (Fsp3) is 0.324. The summed E-state index contributed by atoms with van der Waals surface area (Å²) in [6.07, 6.45) is 1.50. The second-order valence-corrected chi connectivity index (χ2v) is 12.8. The summed E-state index contributed by atoms with van der Waals surface area (Å²) in [6, 6.07) is 12.0. The smallest absolute Gasteiger partial charge is 0.326 e. The number of thiophene rings is 1. The number of fused-ring (bicyclic) bond motifs is 1. The molecule has 1 aliphatic rings. The number of piperazine rings is 1. The topological polar surface area (TPSA) is 113 Å². The summed E-state index contributed by atoms with van der Waals surface area (Å²) in [5.74, 6) is 0.695. The zero-order valence-electron chi connectivity index (χ0n) is 26.3. The Kier molecular flexibility index (Phi) is 9.92. The lowest BCUT2D eigenvalue weighted by atomic mass is 9.97. The van der Waals surface area contributed by atoms with E-state index >= 15 is 0 Å². The van der Waals surface area contributed by atoms with Crippen LogP contribution in [-0.4, -0.2) is 90.4 Å². The molecule has 0 saturated carbocycles. The van der Waals surface area contributed by atoms with Crippen molar-refractivity contribution in [1.82, 2.24) is 19.8 Å². The number of likely N-dealkylation sites (N-methyl/N-ethyl adjacent to an activating group) is 1. The predicted molar refractivity (Wildman–Crippen MR) is 181 cm³/mol. The largest absolute Gasteiger partial charge is 0.496 e.